The number of hydrogen-bond donors (Lipinski definition) is 1. The molecular formula is C15H16ClNS2. The molecule has 0 bridgehead atoms. The van der Waals surface area contributed by atoms with Crippen LogP contribution < -0.4 is 5.32 Å². The molecule has 1 aliphatic rings. The Morgan fingerprint density at radius 3 is 2.89 bits per heavy atom. The zero-order valence-electron chi connectivity index (χ0n) is 10.7. The van der Waals surface area contributed by atoms with Crippen LogP contribution in [-0.4, -0.2) is 18.8 Å². The number of likely N-dealkylation sites (N-methyl/N-ethyl adjacent to an activating group) is 1. The van der Waals surface area contributed by atoms with Gasteiger partial charge in [-0.15, -0.1) is 23.1 Å². The Morgan fingerprint density at radius 2 is 2.16 bits per heavy atom. The molecule has 1 nitrogen and oxygen atoms in total. The molecule has 1 N–H and O–H groups in total. The van der Waals surface area contributed by atoms with Crippen LogP contribution in [0.5, 0.6) is 0 Å². The predicted molar refractivity (Wildman–Crippen MR) is 85.8 cm³/mol. The second-order valence-electron chi connectivity index (χ2n) is 4.76. The van der Waals surface area contributed by atoms with E-state index in [1.54, 1.807) is 11.3 Å². The number of benzene rings is 1. The number of rotatable bonds is 4. The maximum atomic E-state index is 6.02. The summed E-state index contributed by atoms with van der Waals surface area (Å²) in [6.07, 6.45) is 1.05. The van der Waals surface area contributed by atoms with E-state index in [9.17, 15) is 0 Å². The number of fused-ring (bicyclic) bond motifs is 1. The molecule has 0 radical (unpaired) electrons. The van der Waals surface area contributed by atoms with Gasteiger partial charge >= 0.3 is 0 Å². The van der Waals surface area contributed by atoms with Gasteiger partial charge in [0.25, 0.3) is 0 Å². The van der Waals surface area contributed by atoms with Crippen molar-refractivity contribution in [1.29, 1.82) is 0 Å². The van der Waals surface area contributed by atoms with Gasteiger partial charge in [-0.1, -0.05) is 29.8 Å². The predicted octanol–water partition coefficient (Wildman–Crippen LogP) is 4.42. The fourth-order valence-corrected chi connectivity index (χ4v) is 5.12. The maximum Gasteiger partial charge on any atom is 0.0931 e. The third-order valence-corrected chi connectivity index (χ3v) is 6.11. The molecular weight excluding hydrogens is 294 g/mol. The first kappa shape index (κ1) is 13.5. The minimum atomic E-state index is 0.478. The Kier molecular flexibility index (Phi) is 4.18. The summed E-state index contributed by atoms with van der Waals surface area (Å²) in [6.45, 7) is 0. The van der Waals surface area contributed by atoms with E-state index in [4.69, 9.17) is 11.6 Å². The first-order chi connectivity index (χ1) is 9.28. The lowest BCUT2D eigenvalue weighted by Gasteiger charge is -2.23. The molecule has 1 aromatic carbocycles. The number of nitrogens with one attached hydrogen (secondary N) is 1. The molecule has 1 aliphatic heterocycles. The standard InChI is InChI=1S/C15H16ClNS2/c1-17-13(8-10-6-7-15(16)19-10)12-9-18-14-5-3-2-4-11(12)14/h2-7,12-13,17H,8-9H2,1H3. The molecule has 2 heterocycles. The minimum Gasteiger partial charge on any atom is -0.316 e. The molecule has 0 fully saturated rings. The van der Waals surface area contributed by atoms with E-state index < -0.39 is 0 Å². The quantitative estimate of drug-likeness (QED) is 0.897. The van der Waals surface area contributed by atoms with Gasteiger partial charge in [-0.3, -0.25) is 0 Å². The second-order valence-corrected chi connectivity index (χ2v) is 7.62. The molecule has 4 heteroatoms. The van der Waals surface area contributed by atoms with Crippen LogP contribution in [0.4, 0.5) is 0 Å². The highest BCUT2D eigenvalue weighted by Crippen LogP contribution is 2.41. The first-order valence-electron chi connectivity index (χ1n) is 6.41. The van der Waals surface area contributed by atoms with Gasteiger partial charge in [0.1, 0.15) is 0 Å². The molecule has 3 rings (SSSR count). The van der Waals surface area contributed by atoms with Crippen LogP contribution in [0, 0.1) is 0 Å². The Hall–Kier alpha value is -0.480. The van der Waals surface area contributed by atoms with Gasteiger partial charge in [-0.2, -0.15) is 0 Å². The van der Waals surface area contributed by atoms with Crippen molar-refractivity contribution in [2.45, 2.75) is 23.3 Å². The molecule has 0 aliphatic carbocycles. The summed E-state index contributed by atoms with van der Waals surface area (Å²) < 4.78 is 0.881. The fraction of sp³-hybridized carbons (Fsp3) is 0.333. The van der Waals surface area contributed by atoms with E-state index in [1.165, 1.54) is 21.1 Å². The van der Waals surface area contributed by atoms with E-state index >= 15 is 0 Å². The highest BCUT2D eigenvalue weighted by atomic mass is 35.5. The number of halogens is 1. The highest BCUT2D eigenvalue weighted by Gasteiger charge is 2.29. The Labute approximate surface area is 127 Å². The Balaban J connectivity index is 1.80. The summed E-state index contributed by atoms with van der Waals surface area (Å²) >= 11 is 9.68. The average molecular weight is 310 g/mol. The molecule has 100 valence electrons. The minimum absolute atomic E-state index is 0.478. The van der Waals surface area contributed by atoms with E-state index in [2.05, 4.69) is 42.7 Å². The monoisotopic (exact) mass is 309 g/mol. The molecule has 0 saturated heterocycles. The summed E-state index contributed by atoms with van der Waals surface area (Å²) in [5.41, 5.74) is 1.49. The van der Waals surface area contributed by atoms with Crippen LogP contribution >= 0.6 is 34.7 Å². The van der Waals surface area contributed by atoms with Crippen LogP contribution in [0.25, 0.3) is 0 Å². The number of thiophene rings is 1. The fourth-order valence-electron chi connectivity index (χ4n) is 2.64. The third-order valence-electron chi connectivity index (χ3n) is 3.64. The summed E-state index contributed by atoms with van der Waals surface area (Å²) in [5, 5.41) is 3.49. The molecule has 19 heavy (non-hydrogen) atoms. The normalized spacial score (nSPS) is 19.4. The first-order valence-corrected chi connectivity index (χ1v) is 8.59. The Bertz CT molecular complexity index is 567. The van der Waals surface area contributed by atoms with E-state index in [0.29, 0.717) is 12.0 Å². The molecule has 0 spiro atoms. The molecule has 0 amide bonds. The van der Waals surface area contributed by atoms with Crippen molar-refractivity contribution in [1.82, 2.24) is 5.32 Å². The van der Waals surface area contributed by atoms with Crippen molar-refractivity contribution in [3.8, 4) is 0 Å². The van der Waals surface area contributed by atoms with Crippen molar-refractivity contribution < 1.29 is 0 Å². The molecule has 2 unspecified atom stereocenters. The zero-order chi connectivity index (χ0) is 13.2. The lowest BCUT2D eigenvalue weighted by Crippen LogP contribution is -2.34. The van der Waals surface area contributed by atoms with Crippen molar-refractivity contribution in [2.75, 3.05) is 12.8 Å². The summed E-state index contributed by atoms with van der Waals surface area (Å²) in [6, 6.07) is 13.4. The summed E-state index contributed by atoms with van der Waals surface area (Å²) in [4.78, 5) is 2.80. The van der Waals surface area contributed by atoms with Gasteiger partial charge in [-0.05, 0) is 37.2 Å². The topological polar surface area (TPSA) is 12.0 Å². The smallest absolute Gasteiger partial charge is 0.0931 e. The lowest BCUT2D eigenvalue weighted by molar-refractivity contribution is 0.492. The Morgan fingerprint density at radius 1 is 1.32 bits per heavy atom. The van der Waals surface area contributed by atoms with Crippen LogP contribution in [-0.2, 0) is 6.42 Å². The van der Waals surface area contributed by atoms with E-state index in [0.717, 1.165) is 10.8 Å². The largest absolute Gasteiger partial charge is 0.316 e. The average Bonchev–Trinajstić information content (AvgIpc) is 3.02. The van der Waals surface area contributed by atoms with Gasteiger partial charge in [-0.25, -0.2) is 0 Å². The molecule has 2 aromatic rings. The van der Waals surface area contributed by atoms with E-state index in [-0.39, 0.29) is 0 Å². The van der Waals surface area contributed by atoms with Crippen LogP contribution in [0.3, 0.4) is 0 Å². The van der Waals surface area contributed by atoms with E-state index in [1.807, 2.05) is 17.8 Å². The van der Waals surface area contributed by atoms with Crippen molar-refractivity contribution >= 4 is 34.7 Å². The van der Waals surface area contributed by atoms with Gasteiger partial charge in [0.15, 0.2) is 0 Å². The molecule has 2 atom stereocenters. The van der Waals surface area contributed by atoms with Crippen LogP contribution in [0.15, 0.2) is 41.3 Å². The van der Waals surface area contributed by atoms with Crippen LogP contribution in [0.2, 0.25) is 4.34 Å². The van der Waals surface area contributed by atoms with Gasteiger partial charge in [0.05, 0.1) is 4.34 Å². The highest BCUT2D eigenvalue weighted by molar-refractivity contribution is 7.99. The lowest BCUT2D eigenvalue weighted by atomic mass is 9.91. The number of thioether (sulfide) groups is 1. The van der Waals surface area contributed by atoms with Crippen molar-refractivity contribution in [3.63, 3.8) is 0 Å². The van der Waals surface area contributed by atoms with Crippen LogP contribution in [0.1, 0.15) is 16.4 Å². The maximum absolute atomic E-state index is 6.02. The molecule has 1 aromatic heterocycles. The SMILES string of the molecule is CNC(Cc1ccc(Cl)s1)C1CSc2ccccc21. The van der Waals surface area contributed by atoms with Crippen molar-refractivity contribution in [3.05, 3.63) is 51.2 Å². The third kappa shape index (κ3) is 2.84. The second kappa shape index (κ2) is 5.88. The number of hydrogen-bond acceptors (Lipinski definition) is 3. The van der Waals surface area contributed by atoms with Crippen molar-refractivity contribution in [2.24, 2.45) is 0 Å². The molecule has 0 saturated carbocycles. The summed E-state index contributed by atoms with van der Waals surface area (Å²) in [7, 11) is 2.06. The van der Waals surface area contributed by atoms with Gasteiger partial charge in [0.2, 0.25) is 0 Å². The van der Waals surface area contributed by atoms with Gasteiger partial charge in [0, 0.05) is 27.5 Å². The summed E-state index contributed by atoms with van der Waals surface area (Å²) in [5.74, 6) is 1.76. The zero-order valence-corrected chi connectivity index (χ0v) is 13.1. The van der Waals surface area contributed by atoms with Gasteiger partial charge < -0.3 is 5.32 Å².